The summed E-state index contributed by atoms with van der Waals surface area (Å²) in [6, 6.07) is 4.30. The van der Waals surface area contributed by atoms with Crippen molar-refractivity contribution in [1.82, 2.24) is 9.36 Å². The number of aryl methyl sites for hydroxylation is 1. The van der Waals surface area contributed by atoms with E-state index in [0.29, 0.717) is 0 Å². The molecule has 0 amide bonds. The molecule has 0 bridgehead atoms. The smallest absolute Gasteiger partial charge is 0.170 e. The Morgan fingerprint density at radius 3 is 2.88 bits per heavy atom. The number of nitrogens with two attached hydrogens (primary N) is 1. The van der Waals surface area contributed by atoms with Crippen molar-refractivity contribution in [3.05, 3.63) is 28.2 Å². The van der Waals surface area contributed by atoms with Crippen LogP contribution in [0.1, 0.15) is 29.8 Å². The normalized spacial score (nSPS) is 14.8. The van der Waals surface area contributed by atoms with Gasteiger partial charge in [-0.25, -0.2) is 4.98 Å². The van der Waals surface area contributed by atoms with Crippen LogP contribution in [0, 0.1) is 0 Å². The first-order chi connectivity index (χ1) is 8.20. The van der Waals surface area contributed by atoms with E-state index in [-0.39, 0.29) is 11.3 Å². The van der Waals surface area contributed by atoms with Gasteiger partial charge in [0.05, 0.1) is 5.25 Å². The number of hydrogen-bond donors (Lipinski definition) is 1. The second-order valence-electron chi connectivity index (χ2n) is 3.74. The first-order valence-corrected chi connectivity index (χ1v) is 8.02. The number of thioether (sulfide) groups is 1. The van der Waals surface area contributed by atoms with Gasteiger partial charge in [-0.1, -0.05) is 24.8 Å². The van der Waals surface area contributed by atoms with E-state index < -0.39 is 0 Å². The Labute approximate surface area is 114 Å². The molecule has 2 N–H and O–H groups in total. The quantitative estimate of drug-likeness (QED) is 0.856. The lowest BCUT2D eigenvalue weighted by molar-refractivity contribution is 0.729. The van der Waals surface area contributed by atoms with E-state index in [2.05, 4.69) is 33.8 Å². The standard InChI is InChI=1S/C11H15N3S3/c1-3-9-13-11(17-14-9)16-10(7(2)12)8-5-4-6-15-8/h4-7,10H,3,12H2,1-2H3. The molecule has 0 fully saturated rings. The minimum Gasteiger partial charge on any atom is -0.327 e. The Morgan fingerprint density at radius 2 is 2.35 bits per heavy atom. The lowest BCUT2D eigenvalue weighted by atomic mass is 10.2. The molecule has 2 heterocycles. The highest BCUT2D eigenvalue weighted by Gasteiger charge is 2.20. The summed E-state index contributed by atoms with van der Waals surface area (Å²) in [4.78, 5) is 5.78. The van der Waals surface area contributed by atoms with Crippen LogP contribution in [0.4, 0.5) is 0 Å². The predicted octanol–water partition coefficient (Wildman–Crippen LogP) is 3.34. The van der Waals surface area contributed by atoms with Gasteiger partial charge in [0.2, 0.25) is 0 Å². The summed E-state index contributed by atoms with van der Waals surface area (Å²) in [5.74, 6) is 0.923. The molecule has 2 unspecified atom stereocenters. The first-order valence-electron chi connectivity index (χ1n) is 5.49. The van der Waals surface area contributed by atoms with Gasteiger partial charge >= 0.3 is 0 Å². The zero-order valence-electron chi connectivity index (χ0n) is 9.79. The Hall–Kier alpha value is -0.430. The number of hydrogen-bond acceptors (Lipinski definition) is 6. The molecule has 0 saturated heterocycles. The van der Waals surface area contributed by atoms with Gasteiger partial charge in [0.1, 0.15) is 5.82 Å². The SMILES string of the molecule is CCc1nsc(SC(c2cccs2)C(C)N)n1. The van der Waals surface area contributed by atoms with E-state index in [0.717, 1.165) is 16.6 Å². The van der Waals surface area contributed by atoms with Crippen molar-refractivity contribution in [2.45, 2.75) is 35.9 Å². The van der Waals surface area contributed by atoms with Crippen LogP contribution in [0.5, 0.6) is 0 Å². The number of rotatable bonds is 5. The van der Waals surface area contributed by atoms with Crippen molar-refractivity contribution in [1.29, 1.82) is 0 Å². The topological polar surface area (TPSA) is 51.8 Å². The summed E-state index contributed by atoms with van der Waals surface area (Å²) in [5, 5.41) is 2.36. The summed E-state index contributed by atoms with van der Waals surface area (Å²) in [5.41, 5.74) is 6.06. The van der Waals surface area contributed by atoms with Gasteiger partial charge in [-0.05, 0) is 29.9 Å². The minimum absolute atomic E-state index is 0.104. The van der Waals surface area contributed by atoms with Crippen LogP contribution in [-0.4, -0.2) is 15.4 Å². The van der Waals surface area contributed by atoms with Gasteiger partial charge in [-0.2, -0.15) is 4.37 Å². The van der Waals surface area contributed by atoms with Crippen molar-refractivity contribution in [3.63, 3.8) is 0 Å². The van der Waals surface area contributed by atoms with E-state index >= 15 is 0 Å². The van der Waals surface area contributed by atoms with Crippen molar-refractivity contribution >= 4 is 34.6 Å². The fraction of sp³-hybridized carbons (Fsp3) is 0.455. The van der Waals surface area contributed by atoms with Gasteiger partial charge in [0.25, 0.3) is 0 Å². The Kier molecular flexibility index (Phi) is 4.55. The maximum Gasteiger partial charge on any atom is 0.170 e. The molecule has 0 radical (unpaired) electrons. The fourth-order valence-electron chi connectivity index (χ4n) is 1.42. The number of thiophene rings is 1. The Bertz CT molecular complexity index is 450. The van der Waals surface area contributed by atoms with E-state index in [1.165, 1.54) is 16.4 Å². The molecule has 0 aliphatic heterocycles. The van der Waals surface area contributed by atoms with Crippen molar-refractivity contribution < 1.29 is 0 Å². The van der Waals surface area contributed by atoms with Gasteiger partial charge in [-0.15, -0.1) is 11.3 Å². The average Bonchev–Trinajstić information content (AvgIpc) is 2.96. The third kappa shape index (κ3) is 3.28. The molecule has 2 aromatic heterocycles. The first kappa shape index (κ1) is 13.0. The minimum atomic E-state index is 0.104. The third-order valence-corrected chi connectivity index (χ3v) is 5.69. The Balaban J connectivity index is 2.13. The van der Waals surface area contributed by atoms with Crippen LogP contribution in [0.3, 0.4) is 0 Å². The summed E-state index contributed by atoms with van der Waals surface area (Å²) in [7, 11) is 0. The highest BCUT2D eigenvalue weighted by molar-refractivity contribution is 8.01. The molecule has 17 heavy (non-hydrogen) atoms. The molecule has 6 heteroatoms. The van der Waals surface area contributed by atoms with Crippen LogP contribution in [0.15, 0.2) is 21.9 Å². The Morgan fingerprint density at radius 1 is 1.53 bits per heavy atom. The molecule has 3 nitrogen and oxygen atoms in total. The van der Waals surface area contributed by atoms with Gasteiger partial charge in [-0.3, -0.25) is 0 Å². The number of nitrogens with zero attached hydrogens (tertiary/aromatic N) is 2. The molecule has 92 valence electrons. The van der Waals surface area contributed by atoms with Crippen LogP contribution in [0.25, 0.3) is 0 Å². The lowest BCUT2D eigenvalue weighted by Gasteiger charge is -2.16. The zero-order chi connectivity index (χ0) is 12.3. The maximum atomic E-state index is 6.06. The molecule has 2 aromatic rings. The second-order valence-corrected chi connectivity index (χ2v) is 6.86. The molecule has 0 spiro atoms. The predicted molar refractivity (Wildman–Crippen MR) is 75.9 cm³/mol. The summed E-state index contributed by atoms with van der Waals surface area (Å²) < 4.78 is 5.31. The van der Waals surface area contributed by atoms with Crippen LogP contribution in [0.2, 0.25) is 0 Å². The largest absolute Gasteiger partial charge is 0.327 e. The molecule has 0 aliphatic rings. The van der Waals surface area contributed by atoms with Crippen molar-refractivity contribution in [2.75, 3.05) is 0 Å². The summed E-state index contributed by atoms with van der Waals surface area (Å²) >= 11 is 4.94. The van der Waals surface area contributed by atoms with Gasteiger partial charge in [0, 0.05) is 17.3 Å². The van der Waals surface area contributed by atoms with Crippen LogP contribution < -0.4 is 5.73 Å². The summed E-state index contributed by atoms with van der Waals surface area (Å²) in [6.07, 6.45) is 0.888. The van der Waals surface area contributed by atoms with E-state index in [9.17, 15) is 0 Å². The van der Waals surface area contributed by atoms with Crippen molar-refractivity contribution in [2.24, 2.45) is 5.73 Å². The third-order valence-electron chi connectivity index (χ3n) is 2.29. The lowest BCUT2D eigenvalue weighted by Crippen LogP contribution is -2.21. The van der Waals surface area contributed by atoms with E-state index in [1.807, 2.05) is 6.92 Å². The molecule has 0 saturated carbocycles. The molecule has 2 atom stereocenters. The monoisotopic (exact) mass is 285 g/mol. The second kappa shape index (κ2) is 5.95. The van der Waals surface area contributed by atoms with Gasteiger partial charge < -0.3 is 5.73 Å². The number of aromatic nitrogens is 2. The maximum absolute atomic E-state index is 6.06. The van der Waals surface area contributed by atoms with Crippen molar-refractivity contribution in [3.8, 4) is 0 Å². The molecule has 0 aliphatic carbocycles. The van der Waals surface area contributed by atoms with E-state index in [4.69, 9.17) is 5.73 Å². The molecule has 2 rings (SSSR count). The molecular formula is C11H15N3S3. The average molecular weight is 285 g/mol. The van der Waals surface area contributed by atoms with E-state index in [1.54, 1.807) is 23.1 Å². The highest BCUT2D eigenvalue weighted by Crippen LogP contribution is 2.39. The van der Waals surface area contributed by atoms with Crippen LogP contribution >= 0.6 is 34.6 Å². The zero-order valence-corrected chi connectivity index (χ0v) is 12.2. The summed E-state index contributed by atoms with van der Waals surface area (Å²) in [6.45, 7) is 4.11. The molecular weight excluding hydrogens is 270 g/mol. The fourth-order valence-corrected chi connectivity index (χ4v) is 4.43. The highest BCUT2D eigenvalue weighted by atomic mass is 32.2. The van der Waals surface area contributed by atoms with Gasteiger partial charge in [0.15, 0.2) is 4.34 Å². The van der Waals surface area contributed by atoms with Crippen LogP contribution in [-0.2, 0) is 6.42 Å². The molecule has 0 aromatic carbocycles.